The maximum absolute atomic E-state index is 13.1. The van der Waals surface area contributed by atoms with Gasteiger partial charge in [-0.3, -0.25) is 4.79 Å². The molecule has 0 aromatic heterocycles. The van der Waals surface area contributed by atoms with E-state index in [1.165, 1.54) is 6.42 Å². The Hall–Kier alpha value is -0.790. The summed E-state index contributed by atoms with van der Waals surface area (Å²) in [4.78, 5) is 13.1. The van der Waals surface area contributed by atoms with E-state index < -0.39 is 36.8 Å². The molecule has 6 heteroatoms. The van der Waals surface area contributed by atoms with Gasteiger partial charge < -0.3 is 24.8 Å². The normalized spacial score (nSPS) is 54.7. The molecule has 0 amide bonds. The van der Waals surface area contributed by atoms with Gasteiger partial charge in [0.2, 0.25) is 0 Å². The number of Topliss-reactive ketones (excluding diaryl/α,β-unsaturated/α-hetero) is 1. The molecule has 3 N–H and O–H groups in total. The van der Waals surface area contributed by atoms with Crippen LogP contribution in [0.25, 0.3) is 0 Å². The van der Waals surface area contributed by atoms with Crippen molar-refractivity contribution >= 4 is 5.78 Å². The molecule has 5 aliphatic carbocycles. The second-order valence-corrected chi connectivity index (χ2v) is 18.0. The van der Waals surface area contributed by atoms with Crippen LogP contribution >= 0.6 is 0 Å². The van der Waals surface area contributed by atoms with Crippen molar-refractivity contribution in [3.05, 3.63) is 11.6 Å². The number of epoxide rings is 1. The van der Waals surface area contributed by atoms with Crippen LogP contribution in [0.15, 0.2) is 11.6 Å². The third kappa shape index (κ3) is 3.90. The average molecular weight is 585 g/mol. The number of hydrogen-bond donors (Lipinski definition) is 3. The summed E-state index contributed by atoms with van der Waals surface area (Å²) in [7, 11) is 0. The van der Waals surface area contributed by atoms with Crippen LogP contribution in [0.5, 0.6) is 0 Å². The first-order chi connectivity index (χ1) is 19.5. The number of ether oxygens (including phenoxy) is 2. The molecule has 7 aliphatic rings. The van der Waals surface area contributed by atoms with Crippen molar-refractivity contribution in [1.82, 2.24) is 0 Å². The third-order valence-corrected chi connectivity index (χ3v) is 15.4. The zero-order valence-electron chi connectivity index (χ0n) is 27.1. The minimum Gasteiger partial charge on any atom is -0.390 e. The fourth-order valence-corrected chi connectivity index (χ4v) is 12.5. The van der Waals surface area contributed by atoms with Gasteiger partial charge in [0.05, 0.1) is 6.10 Å². The lowest BCUT2D eigenvalue weighted by Gasteiger charge is -2.71. The fourth-order valence-electron chi connectivity index (χ4n) is 12.5. The summed E-state index contributed by atoms with van der Waals surface area (Å²) in [6.45, 7) is 17.0. The molecule has 0 bridgehead atoms. The molecule has 6 unspecified atom stereocenters. The van der Waals surface area contributed by atoms with Crippen molar-refractivity contribution in [3.8, 4) is 0 Å². The van der Waals surface area contributed by atoms with Gasteiger partial charge in [-0.05, 0) is 109 Å². The molecule has 7 rings (SSSR count). The zero-order chi connectivity index (χ0) is 30.3. The van der Waals surface area contributed by atoms with E-state index >= 15 is 0 Å². The van der Waals surface area contributed by atoms with Crippen molar-refractivity contribution in [2.24, 2.45) is 50.2 Å². The third-order valence-electron chi connectivity index (χ3n) is 15.4. The number of fused-ring (bicyclic) bond motifs is 8. The predicted molar refractivity (Wildman–Crippen MR) is 160 cm³/mol. The van der Waals surface area contributed by atoms with Crippen molar-refractivity contribution in [3.63, 3.8) is 0 Å². The number of carbonyl (C=O) groups is 1. The van der Waals surface area contributed by atoms with Gasteiger partial charge in [-0.25, -0.2) is 0 Å². The average Bonchev–Trinajstić information content (AvgIpc) is 3.70. The molecule has 0 aromatic carbocycles. The first-order valence-electron chi connectivity index (χ1n) is 17.1. The van der Waals surface area contributed by atoms with Crippen LogP contribution in [0.2, 0.25) is 0 Å². The number of ketones is 1. The van der Waals surface area contributed by atoms with Crippen LogP contribution in [0, 0.1) is 50.2 Å². The molecule has 2 aliphatic heterocycles. The lowest BCUT2D eigenvalue weighted by Crippen LogP contribution is -2.64. The Balaban J connectivity index is 1.23. The first-order valence-corrected chi connectivity index (χ1v) is 17.1. The molecule has 2 saturated heterocycles. The Morgan fingerprint density at radius 2 is 1.62 bits per heavy atom. The van der Waals surface area contributed by atoms with E-state index in [9.17, 15) is 20.1 Å². The van der Waals surface area contributed by atoms with Crippen LogP contribution in [-0.2, 0) is 14.3 Å². The smallest absolute Gasteiger partial charge is 0.187 e. The topological polar surface area (TPSA) is 99.5 Å². The van der Waals surface area contributed by atoms with Gasteiger partial charge >= 0.3 is 0 Å². The predicted octanol–water partition coefficient (Wildman–Crippen LogP) is 5.95. The van der Waals surface area contributed by atoms with E-state index in [1.807, 2.05) is 0 Å². The quantitative estimate of drug-likeness (QED) is 0.280. The molecule has 6 fully saturated rings. The summed E-state index contributed by atoms with van der Waals surface area (Å²) >= 11 is 0. The molecule has 42 heavy (non-hydrogen) atoms. The highest BCUT2D eigenvalue weighted by Crippen LogP contribution is 2.76. The van der Waals surface area contributed by atoms with Gasteiger partial charge in [-0.1, -0.05) is 60.1 Å². The van der Waals surface area contributed by atoms with Crippen LogP contribution in [0.3, 0.4) is 0 Å². The Morgan fingerprint density at radius 1 is 0.905 bits per heavy atom. The van der Waals surface area contributed by atoms with Gasteiger partial charge in [-0.2, -0.15) is 0 Å². The Labute approximate surface area is 253 Å². The van der Waals surface area contributed by atoms with E-state index in [1.54, 1.807) is 5.57 Å². The molecule has 0 spiro atoms. The maximum Gasteiger partial charge on any atom is 0.187 e. The van der Waals surface area contributed by atoms with Crippen molar-refractivity contribution in [1.29, 1.82) is 0 Å². The molecule has 0 aromatic rings. The molecular formula is C36H56O6. The number of rotatable bonds is 3. The van der Waals surface area contributed by atoms with Crippen molar-refractivity contribution < 1.29 is 29.6 Å². The number of carbonyl (C=O) groups excluding carboxylic acids is 1. The summed E-state index contributed by atoms with van der Waals surface area (Å²) in [6, 6.07) is 0. The number of hydrogen-bond acceptors (Lipinski definition) is 6. The highest BCUT2D eigenvalue weighted by Gasteiger charge is 2.68. The maximum atomic E-state index is 13.1. The van der Waals surface area contributed by atoms with Crippen molar-refractivity contribution in [2.45, 2.75) is 156 Å². The number of aliphatic hydroxyl groups is 3. The fraction of sp³-hybridized carbons (Fsp3) is 0.917. The second-order valence-electron chi connectivity index (χ2n) is 18.0. The standard InChI is InChI=1S/C36H56O6/c1-31(2)14-16-36(19-22(37)28-26(39)27(40)29-30(41-28)42-29)17-15-34(6)20(21(36)18-31)8-9-24-33(5)12-11-25(38)32(3,4)23(33)10-13-35(24,34)7/h8,21-24,26-30,37,39-40H,9-19H2,1-7H3/t21?,22?,23?,24?,26-,27?,28-,29+,30?,33-,34+,35+,36+/m0/s1. The first kappa shape index (κ1) is 29.9. The van der Waals surface area contributed by atoms with Crippen LogP contribution in [0.1, 0.15) is 119 Å². The van der Waals surface area contributed by atoms with Gasteiger partial charge in [0.25, 0.3) is 0 Å². The summed E-state index contributed by atoms with van der Waals surface area (Å²) in [6.07, 6.45) is 9.08. The monoisotopic (exact) mass is 584 g/mol. The van der Waals surface area contributed by atoms with Gasteiger partial charge in [0.1, 0.15) is 30.2 Å². The Bertz CT molecular complexity index is 1180. The number of allylic oxidation sites excluding steroid dienone is 2. The summed E-state index contributed by atoms with van der Waals surface area (Å²) < 4.78 is 11.3. The molecule has 2 heterocycles. The van der Waals surface area contributed by atoms with Crippen LogP contribution in [0.4, 0.5) is 0 Å². The lowest BCUT2D eigenvalue weighted by atomic mass is 9.33. The van der Waals surface area contributed by atoms with Gasteiger partial charge in [0, 0.05) is 11.8 Å². The van der Waals surface area contributed by atoms with Gasteiger partial charge in [0.15, 0.2) is 6.29 Å². The summed E-state index contributed by atoms with van der Waals surface area (Å²) in [5.74, 6) is 1.86. The SMILES string of the molecule is CC1(C)CC[C@]2(CC(O)[C@@H]3OC4O[C@@H]4C(O)[C@@H]3O)CC[C@]3(C)C(=CCC4[C@@]5(C)CCC(=O)C(C)(C)C5CC[C@]43C)C2C1. The molecule has 6 nitrogen and oxygen atoms in total. The minimum atomic E-state index is -1.14. The molecule has 236 valence electrons. The molecular weight excluding hydrogens is 528 g/mol. The highest BCUT2D eigenvalue weighted by atomic mass is 16.8. The van der Waals surface area contributed by atoms with E-state index in [-0.39, 0.29) is 32.5 Å². The Morgan fingerprint density at radius 3 is 2.36 bits per heavy atom. The Kier molecular flexibility index (Phi) is 6.51. The summed E-state index contributed by atoms with van der Waals surface area (Å²) in [5.41, 5.74) is 2.03. The second kappa shape index (κ2) is 9.15. The zero-order valence-corrected chi connectivity index (χ0v) is 27.1. The molecule has 0 radical (unpaired) electrons. The van der Waals surface area contributed by atoms with E-state index in [4.69, 9.17) is 9.47 Å². The summed E-state index contributed by atoms with van der Waals surface area (Å²) in [5, 5.41) is 33.0. The van der Waals surface area contributed by atoms with E-state index in [0.717, 1.165) is 51.4 Å². The number of aliphatic hydroxyl groups excluding tert-OH is 3. The van der Waals surface area contributed by atoms with E-state index in [2.05, 4.69) is 54.5 Å². The molecule has 4 saturated carbocycles. The highest BCUT2D eigenvalue weighted by molar-refractivity contribution is 5.85. The lowest BCUT2D eigenvalue weighted by molar-refractivity contribution is -0.194. The van der Waals surface area contributed by atoms with Crippen LogP contribution in [-0.4, -0.2) is 57.9 Å². The van der Waals surface area contributed by atoms with Crippen LogP contribution < -0.4 is 0 Å². The van der Waals surface area contributed by atoms with E-state index in [0.29, 0.717) is 36.4 Å². The van der Waals surface area contributed by atoms with Gasteiger partial charge in [-0.15, -0.1) is 0 Å². The largest absolute Gasteiger partial charge is 0.390 e. The van der Waals surface area contributed by atoms with Crippen molar-refractivity contribution in [2.75, 3.05) is 0 Å². The molecule has 13 atom stereocenters. The minimum absolute atomic E-state index is 0.0425.